The van der Waals surface area contributed by atoms with E-state index in [0.717, 1.165) is 0 Å². The average Bonchev–Trinajstić information content (AvgIpc) is 1.98. The van der Waals surface area contributed by atoms with Crippen LogP contribution in [0.25, 0.3) is 0 Å². The lowest BCUT2D eigenvalue weighted by Crippen LogP contribution is -2.32. The Morgan fingerprint density at radius 3 is 1.88 bits per heavy atom. The van der Waals surface area contributed by atoms with E-state index in [0.29, 0.717) is 0 Å². The highest BCUT2D eigenvalue weighted by Crippen LogP contribution is 1.84. The molecule has 0 spiro atoms. The van der Waals surface area contributed by atoms with Crippen LogP contribution in [-0.2, 0) is 19.1 Å². The first-order valence-corrected chi connectivity index (χ1v) is 3.51. The Morgan fingerprint density at radius 1 is 1.06 bits per heavy atom. The summed E-state index contributed by atoms with van der Waals surface area (Å²) >= 11 is 0. The van der Waals surface area contributed by atoms with Gasteiger partial charge in [0, 0.05) is 7.11 Å². The van der Waals surface area contributed by atoms with Crippen LogP contribution in [0.1, 0.15) is 43.1 Å². The molecule has 6 heteroatoms. The van der Waals surface area contributed by atoms with Crippen LogP contribution in [0.2, 0.25) is 0 Å². The molecule has 0 rings (SSSR count). The van der Waals surface area contributed by atoms with Crippen LogP contribution >= 0.6 is 0 Å². The highest BCUT2D eigenvalue weighted by molar-refractivity contribution is 6.02. The first-order valence-electron chi connectivity index (χ1n) is 3.51. The van der Waals surface area contributed by atoms with E-state index in [1.807, 2.05) is 5.32 Å². The summed E-state index contributed by atoms with van der Waals surface area (Å²) in [5, 5.41) is 1.85. The number of hydrogen-bond acceptors (Lipinski definition) is 5. The summed E-state index contributed by atoms with van der Waals surface area (Å²) in [6.07, 6.45) is -1.25. The minimum Gasteiger partial charge on any atom is -0.422 e. The fourth-order valence-electron chi connectivity index (χ4n) is 0.533. The van der Waals surface area contributed by atoms with Gasteiger partial charge in [-0.25, -0.2) is 4.79 Å². The van der Waals surface area contributed by atoms with Crippen molar-refractivity contribution in [3.8, 4) is 0 Å². The molecule has 0 atom stereocenters. The van der Waals surface area contributed by atoms with E-state index >= 15 is 0 Å². The molecule has 0 heterocycles. The number of Topliss-reactive ketones (excluding diaryl/α,β-unsaturated/α-hetero) is 1. The van der Waals surface area contributed by atoms with Gasteiger partial charge in [0.2, 0.25) is 5.91 Å². The fourth-order valence-corrected chi connectivity index (χ4v) is 0.533. The van der Waals surface area contributed by atoms with Crippen LogP contribution in [0, 0.1) is 0 Å². The van der Waals surface area contributed by atoms with Gasteiger partial charge < -0.3 is 9.47 Å². The quantitative estimate of drug-likeness (QED) is 0.614. The Labute approximate surface area is 105 Å². The van der Waals surface area contributed by atoms with Crippen molar-refractivity contribution in [1.29, 1.82) is 0 Å². The maximum absolute atomic E-state index is 10.8. The van der Waals surface area contributed by atoms with Gasteiger partial charge in [0.1, 0.15) is 5.78 Å². The summed E-state index contributed by atoms with van der Waals surface area (Å²) in [5.41, 5.74) is 0. The molecule has 0 bridgehead atoms. The summed E-state index contributed by atoms with van der Waals surface area (Å²) in [5.74, 6) is -1.01. The summed E-state index contributed by atoms with van der Waals surface area (Å²) in [4.78, 5) is 31.8. The van der Waals surface area contributed by atoms with Gasteiger partial charge in [-0.3, -0.25) is 14.9 Å². The van der Waals surface area contributed by atoms with E-state index < -0.39 is 12.0 Å². The Morgan fingerprint density at radius 2 is 1.53 bits per heavy atom. The van der Waals surface area contributed by atoms with Crippen LogP contribution in [-0.4, -0.2) is 31.7 Å². The second kappa shape index (κ2) is 17.0. The Bertz CT molecular complexity index is 216. The molecular formula is C11H27NO5. The lowest BCUT2D eigenvalue weighted by molar-refractivity contribution is -0.126. The van der Waals surface area contributed by atoms with Crippen LogP contribution in [0.4, 0.5) is 4.79 Å². The van der Waals surface area contributed by atoms with Gasteiger partial charge in [0.25, 0.3) is 0 Å². The second-order valence-corrected chi connectivity index (χ2v) is 2.27. The van der Waals surface area contributed by atoms with E-state index in [-0.39, 0.29) is 48.7 Å². The normalized spacial score (nSPS) is 6.94. The largest absolute Gasteiger partial charge is 0.422 e. The number of alkyl carbamates (subject to hydrolysis) is 1. The van der Waals surface area contributed by atoms with Crippen LogP contribution in [0.15, 0.2) is 0 Å². The topological polar surface area (TPSA) is 81.7 Å². The monoisotopic (exact) mass is 253 g/mol. The van der Waals surface area contributed by atoms with Crippen LogP contribution < -0.4 is 5.32 Å². The van der Waals surface area contributed by atoms with Crippen molar-refractivity contribution in [1.82, 2.24) is 5.32 Å². The zero-order valence-corrected chi connectivity index (χ0v) is 7.46. The number of rotatable bonds is 4. The Kier molecular flexibility index (Phi) is 29.6. The molecular weight excluding hydrogens is 226 g/mol. The minimum absolute atomic E-state index is 0. The molecule has 0 saturated heterocycles. The molecule has 0 aromatic heterocycles. The molecule has 0 aromatic rings. The summed E-state index contributed by atoms with van der Waals surface area (Å²) in [6.45, 7) is 1.01. The van der Waals surface area contributed by atoms with Gasteiger partial charge in [-0.15, -0.1) is 0 Å². The molecule has 0 radical (unpaired) electrons. The number of carbonyl (C=O) groups is 3. The predicted molar refractivity (Wildman–Crippen MR) is 68.7 cm³/mol. The third-order valence-electron chi connectivity index (χ3n) is 0.959. The number of amides is 2. The van der Waals surface area contributed by atoms with Crippen LogP contribution in [0.5, 0.6) is 0 Å². The average molecular weight is 253 g/mol. The van der Waals surface area contributed by atoms with Crippen LogP contribution in [0.3, 0.4) is 0 Å². The lowest BCUT2D eigenvalue weighted by atomic mass is 10.3. The standard InChI is InChI=1S/C7H11NO5.4CH4/c1-5(9)3-6(10)8-7(11)13-4-12-2;;;;/h3-4H2,1-2H3,(H,8,10,11);4*1H4. The van der Waals surface area contributed by atoms with Gasteiger partial charge in [0.15, 0.2) is 6.79 Å². The smallest absolute Gasteiger partial charge is 0.415 e. The third-order valence-corrected chi connectivity index (χ3v) is 0.959. The number of nitrogens with one attached hydrogen (secondary N) is 1. The molecule has 0 aliphatic rings. The van der Waals surface area contributed by atoms with Crippen molar-refractivity contribution in [3.05, 3.63) is 0 Å². The second-order valence-electron chi connectivity index (χ2n) is 2.27. The third kappa shape index (κ3) is 20.6. The maximum Gasteiger partial charge on any atom is 0.415 e. The minimum atomic E-state index is -0.923. The van der Waals surface area contributed by atoms with Crippen molar-refractivity contribution in [2.24, 2.45) is 0 Å². The molecule has 0 aliphatic heterocycles. The number of carbonyl (C=O) groups excluding carboxylic acids is 3. The first kappa shape index (κ1) is 29.6. The SMILES string of the molecule is C.C.C.C.COCOC(=O)NC(=O)CC(C)=O. The fraction of sp³-hybridized carbons (Fsp3) is 0.727. The molecule has 17 heavy (non-hydrogen) atoms. The molecule has 0 fully saturated rings. The maximum atomic E-state index is 10.8. The van der Waals surface area contributed by atoms with Crippen molar-refractivity contribution in [2.45, 2.75) is 43.1 Å². The zero-order valence-electron chi connectivity index (χ0n) is 7.46. The summed E-state index contributed by atoms with van der Waals surface area (Å²) < 4.78 is 8.75. The summed E-state index contributed by atoms with van der Waals surface area (Å²) in [7, 11) is 1.34. The lowest BCUT2D eigenvalue weighted by Gasteiger charge is -2.03. The first-order chi connectivity index (χ1) is 6.06. The van der Waals surface area contributed by atoms with Gasteiger partial charge >= 0.3 is 6.09 Å². The highest BCUT2D eigenvalue weighted by atomic mass is 16.7. The number of methoxy groups -OCH3 is 1. The Hall–Kier alpha value is -1.43. The van der Waals surface area contributed by atoms with Crippen molar-refractivity contribution in [3.63, 3.8) is 0 Å². The van der Waals surface area contributed by atoms with Gasteiger partial charge in [-0.05, 0) is 6.92 Å². The Balaban J connectivity index is -0.000000120. The number of imide groups is 1. The molecule has 0 unspecified atom stereocenters. The molecule has 0 aromatic carbocycles. The predicted octanol–water partition coefficient (Wildman–Crippen LogP) is 2.37. The molecule has 0 saturated carbocycles. The molecule has 6 nitrogen and oxygen atoms in total. The summed E-state index contributed by atoms with van der Waals surface area (Å²) in [6, 6.07) is 0. The van der Waals surface area contributed by atoms with Gasteiger partial charge in [0.05, 0.1) is 6.42 Å². The van der Waals surface area contributed by atoms with E-state index in [9.17, 15) is 14.4 Å². The van der Waals surface area contributed by atoms with Crippen molar-refractivity contribution < 1.29 is 23.9 Å². The van der Waals surface area contributed by atoms with Gasteiger partial charge in [-0.2, -0.15) is 0 Å². The van der Waals surface area contributed by atoms with E-state index in [4.69, 9.17) is 0 Å². The molecule has 2 amide bonds. The van der Waals surface area contributed by atoms with Gasteiger partial charge in [-0.1, -0.05) is 29.7 Å². The highest BCUT2D eigenvalue weighted by Gasteiger charge is 2.09. The molecule has 0 aliphatic carbocycles. The van der Waals surface area contributed by atoms with E-state index in [1.165, 1.54) is 14.0 Å². The van der Waals surface area contributed by atoms with E-state index in [2.05, 4.69) is 9.47 Å². The zero-order chi connectivity index (χ0) is 10.3. The molecule has 1 N–H and O–H groups in total. The van der Waals surface area contributed by atoms with Crippen molar-refractivity contribution >= 4 is 17.8 Å². The van der Waals surface area contributed by atoms with E-state index in [1.54, 1.807) is 0 Å². The van der Waals surface area contributed by atoms with Crippen molar-refractivity contribution in [2.75, 3.05) is 13.9 Å². The number of ketones is 1. The molecule has 106 valence electrons. The number of ether oxygens (including phenoxy) is 2. The number of hydrogen-bond donors (Lipinski definition) is 1.